The summed E-state index contributed by atoms with van der Waals surface area (Å²) in [5, 5.41) is 4.32. The van der Waals surface area contributed by atoms with Gasteiger partial charge in [-0.25, -0.2) is 24.0 Å². The lowest BCUT2D eigenvalue weighted by Gasteiger charge is -2.22. The first-order valence-electron chi connectivity index (χ1n) is 13.7. The Morgan fingerprint density at radius 3 is 2.90 bits per heavy atom. The van der Waals surface area contributed by atoms with E-state index in [0.717, 1.165) is 62.2 Å². The Labute approximate surface area is 232 Å². The zero-order chi connectivity index (χ0) is 27.3. The van der Waals surface area contributed by atoms with Crippen LogP contribution in [-0.2, 0) is 28.9 Å². The quantitative estimate of drug-likeness (QED) is 0.270. The lowest BCUT2D eigenvalue weighted by molar-refractivity contribution is -0.165. The van der Waals surface area contributed by atoms with E-state index in [1.54, 1.807) is 23.0 Å². The molecule has 3 aromatic heterocycles. The summed E-state index contributed by atoms with van der Waals surface area (Å²) >= 11 is 0. The van der Waals surface area contributed by atoms with Gasteiger partial charge in [0.1, 0.15) is 36.0 Å². The van der Waals surface area contributed by atoms with Gasteiger partial charge in [-0.05, 0) is 62.8 Å². The minimum absolute atomic E-state index is 0.136. The number of nitrogens with zero attached hydrogens (tertiary/aromatic N) is 7. The number of aromatic nitrogens is 6. The van der Waals surface area contributed by atoms with Crippen LogP contribution < -0.4 is 9.64 Å². The van der Waals surface area contributed by atoms with Gasteiger partial charge in [-0.2, -0.15) is 5.10 Å². The van der Waals surface area contributed by atoms with Crippen molar-refractivity contribution >= 4 is 5.82 Å². The number of pyridine rings is 1. The summed E-state index contributed by atoms with van der Waals surface area (Å²) in [6, 6.07) is 9.99. The van der Waals surface area contributed by atoms with Gasteiger partial charge in [0.05, 0.1) is 18.8 Å². The molecule has 1 fully saturated rings. The van der Waals surface area contributed by atoms with Gasteiger partial charge < -0.3 is 19.1 Å². The van der Waals surface area contributed by atoms with Gasteiger partial charge in [-0.1, -0.05) is 6.07 Å². The third kappa shape index (κ3) is 5.95. The van der Waals surface area contributed by atoms with Crippen molar-refractivity contribution in [3.63, 3.8) is 0 Å². The van der Waals surface area contributed by atoms with Gasteiger partial charge >= 0.3 is 0 Å². The highest BCUT2D eigenvalue weighted by atomic mass is 19.1. The van der Waals surface area contributed by atoms with Crippen LogP contribution in [0.4, 0.5) is 10.2 Å². The highest BCUT2D eigenvalue weighted by molar-refractivity contribution is 5.59. The number of rotatable bonds is 10. The number of hydrogen-bond acceptors (Lipinski definition) is 9. The first-order valence-corrected chi connectivity index (χ1v) is 13.7. The van der Waals surface area contributed by atoms with Crippen molar-refractivity contribution in [1.29, 1.82) is 0 Å². The van der Waals surface area contributed by atoms with Gasteiger partial charge in [-0.15, -0.1) is 0 Å². The Bertz CT molecular complexity index is 1460. The number of hydrogen-bond donors (Lipinski definition) is 0. The predicted octanol–water partition coefficient (Wildman–Crippen LogP) is 4.31. The highest BCUT2D eigenvalue weighted by Gasteiger charge is 2.24. The predicted molar refractivity (Wildman–Crippen MR) is 146 cm³/mol. The SMILES string of the molecule is CN(Cc1ncnn1-c1cccc(F)c1)c1nc(-c2cc(OCCOC3CCCCO3)ccn2)nc2c1CCC2. The summed E-state index contributed by atoms with van der Waals surface area (Å²) < 4.78 is 32.8. The molecule has 1 unspecified atom stereocenters. The second kappa shape index (κ2) is 12.1. The van der Waals surface area contributed by atoms with Crippen molar-refractivity contribution in [3.8, 4) is 23.0 Å². The maximum atomic E-state index is 13.9. The van der Waals surface area contributed by atoms with E-state index >= 15 is 0 Å². The average molecular weight is 546 g/mol. The maximum absolute atomic E-state index is 13.9. The molecule has 0 radical (unpaired) electrons. The third-order valence-electron chi connectivity index (χ3n) is 7.08. The Balaban J connectivity index is 1.18. The normalized spacial score (nSPS) is 16.6. The van der Waals surface area contributed by atoms with E-state index in [4.69, 9.17) is 24.2 Å². The van der Waals surface area contributed by atoms with E-state index in [2.05, 4.69) is 15.1 Å². The van der Waals surface area contributed by atoms with Gasteiger partial charge in [0.15, 0.2) is 17.9 Å². The van der Waals surface area contributed by atoms with Gasteiger partial charge in [0.2, 0.25) is 0 Å². The van der Waals surface area contributed by atoms with E-state index in [0.29, 0.717) is 48.5 Å². The standard InChI is InChI=1S/C29H32FN7O3/c1-36(18-26-32-19-33-37(26)21-7-4-6-20(30)16-21)29-23-8-5-9-24(23)34-28(35-29)25-17-22(11-12-31-25)38-14-15-40-27-10-2-3-13-39-27/h4,6-7,11-12,16-17,19,27H,2-3,5,8-10,13-15,18H2,1H3. The second-order valence-corrected chi connectivity index (χ2v) is 9.97. The Morgan fingerprint density at radius 1 is 1.07 bits per heavy atom. The van der Waals surface area contributed by atoms with Crippen LogP contribution in [0, 0.1) is 5.82 Å². The van der Waals surface area contributed by atoms with Gasteiger partial charge in [0.25, 0.3) is 0 Å². The fourth-order valence-electron chi connectivity index (χ4n) is 5.13. The van der Waals surface area contributed by atoms with E-state index in [1.807, 2.05) is 24.1 Å². The molecular formula is C29H32FN7O3. The summed E-state index contributed by atoms with van der Waals surface area (Å²) in [5.74, 6) is 2.41. The summed E-state index contributed by atoms with van der Waals surface area (Å²) in [5.41, 5.74) is 3.43. The smallest absolute Gasteiger partial charge is 0.180 e. The largest absolute Gasteiger partial charge is 0.491 e. The summed E-state index contributed by atoms with van der Waals surface area (Å²) in [6.45, 7) is 2.05. The van der Waals surface area contributed by atoms with Crippen molar-refractivity contribution < 1.29 is 18.6 Å². The lowest BCUT2D eigenvalue weighted by atomic mass is 10.2. The number of anilines is 1. The number of halogens is 1. The Kier molecular flexibility index (Phi) is 7.92. The van der Waals surface area contributed by atoms with Crippen LogP contribution in [0.1, 0.15) is 42.8 Å². The van der Waals surface area contributed by atoms with E-state index in [9.17, 15) is 4.39 Å². The zero-order valence-corrected chi connectivity index (χ0v) is 22.5. The first-order chi connectivity index (χ1) is 19.6. The molecule has 4 aromatic rings. The van der Waals surface area contributed by atoms with Crippen molar-refractivity contribution in [2.24, 2.45) is 0 Å². The molecule has 1 atom stereocenters. The monoisotopic (exact) mass is 545 g/mol. The van der Waals surface area contributed by atoms with Crippen LogP contribution >= 0.6 is 0 Å². The summed E-state index contributed by atoms with van der Waals surface area (Å²) in [6.07, 6.45) is 9.02. The molecule has 10 nitrogen and oxygen atoms in total. The van der Waals surface area contributed by atoms with Crippen LogP contribution in [0.2, 0.25) is 0 Å². The maximum Gasteiger partial charge on any atom is 0.180 e. The fraction of sp³-hybridized carbons (Fsp3) is 0.414. The van der Waals surface area contributed by atoms with E-state index in [1.165, 1.54) is 18.5 Å². The number of aryl methyl sites for hydroxylation is 1. The second-order valence-electron chi connectivity index (χ2n) is 9.97. The van der Waals surface area contributed by atoms with Crippen LogP contribution in [-0.4, -0.2) is 62.9 Å². The lowest BCUT2D eigenvalue weighted by Crippen LogP contribution is -2.24. The molecule has 0 amide bonds. The molecule has 0 spiro atoms. The molecule has 40 heavy (non-hydrogen) atoms. The van der Waals surface area contributed by atoms with Crippen LogP contribution in [0.5, 0.6) is 5.75 Å². The number of benzene rings is 1. The van der Waals surface area contributed by atoms with Crippen molar-refractivity contribution in [2.75, 3.05) is 31.8 Å². The molecular weight excluding hydrogens is 513 g/mol. The molecule has 208 valence electrons. The molecule has 1 aliphatic heterocycles. The van der Waals surface area contributed by atoms with Gasteiger partial charge in [0, 0.05) is 37.2 Å². The summed E-state index contributed by atoms with van der Waals surface area (Å²) in [7, 11) is 1.97. The van der Waals surface area contributed by atoms with E-state index in [-0.39, 0.29) is 12.1 Å². The highest BCUT2D eigenvalue weighted by Crippen LogP contribution is 2.32. The topological polar surface area (TPSA) is 100 Å². The molecule has 0 bridgehead atoms. The molecule has 2 aliphatic rings. The van der Waals surface area contributed by atoms with Crippen molar-refractivity contribution in [3.05, 3.63) is 71.8 Å². The van der Waals surface area contributed by atoms with Crippen LogP contribution in [0.3, 0.4) is 0 Å². The average Bonchev–Trinajstić information content (AvgIpc) is 3.65. The minimum atomic E-state index is -0.324. The van der Waals surface area contributed by atoms with E-state index < -0.39 is 0 Å². The molecule has 4 heterocycles. The van der Waals surface area contributed by atoms with Crippen LogP contribution in [0.25, 0.3) is 17.2 Å². The van der Waals surface area contributed by atoms with Crippen molar-refractivity contribution in [2.45, 2.75) is 51.4 Å². The molecule has 0 saturated carbocycles. The molecule has 1 aliphatic carbocycles. The van der Waals surface area contributed by atoms with Crippen LogP contribution in [0.15, 0.2) is 48.9 Å². The molecule has 11 heteroatoms. The number of fused-ring (bicyclic) bond motifs is 1. The minimum Gasteiger partial charge on any atom is -0.491 e. The third-order valence-corrected chi connectivity index (χ3v) is 7.08. The Hall–Kier alpha value is -3.96. The van der Waals surface area contributed by atoms with Gasteiger partial charge in [-0.3, -0.25) is 4.98 Å². The Morgan fingerprint density at radius 2 is 2.02 bits per heavy atom. The summed E-state index contributed by atoms with van der Waals surface area (Å²) in [4.78, 5) is 20.8. The number of ether oxygens (including phenoxy) is 3. The molecule has 1 saturated heterocycles. The zero-order valence-electron chi connectivity index (χ0n) is 22.5. The van der Waals surface area contributed by atoms with Crippen molar-refractivity contribution in [1.82, 2.24) is 29.7 Å². The fourth-order valence-corrected chi connectivity index (χ4v) is 5.13. The molecule has 1 aromatic carbocycles. The first kappa shape index (κ1) is 26.3. The molecule has 0 N–H and O–H groups in total. The molecule has 6 rings (SSSR count).